The number of pyridine rings is 2. The van der Waals surface area contributed by atoms with Gasteiger partial charge in [0.1, 0.15) is 17.3 Å². The lowest BCUT2D eigenvalue weighted by atomic mass is 10.2. The number of nitrogens with zero attached hydrogens (tertiary/aromatic N) is 5. The minimum Gasteiger partial charge on any atom is -0.291 e. The van der Waals surface area contributed by atoms with E-state index in [2.05, 4.69) is 15.1 Å². The largest absolute Gasteiger partial charge is 0.291 e. The van der Waals surface area contributed by atoms with E-state index in [9.17, 15) is 17.6 Å². The van der Waals surface area contributed by atoms with Gasteiger partial charge in [0.15, 0.2) is 11.6 Å². The van der Waals surface area contributed by atoms with Crippen LogP contribution >= 0.6 is 0 Å². The van der Waals surface area contributed by atoms with Gasteiger partial charge in [0.05, 0.1) is 11.9 Å². The Kier molecular flexibility index (Phi) is 5.10. The zero-order valence-corrected chi connectivity index (χ0v) is 15.4. The second-order valence-corrected chi connectivity index (χ2v) is 8.06. The number of rotatable bonds is 6. The molecule has 3 rings (SSSR count). The summed E-state index contributed by atoms with van der Waals surface area (Å²) in [5.41, 5.74) is 0.996. The predicted octanol–water partition coefficient (Wildman–Crippen LogP) is 1.54. The number of Topliss-reactive ketones (excluding diaryl/α,β-unsaturated/α-hetero) is 1. The molecule has 3 aromatic heterocycles. The molecule has 0 aliphatic rings. The van der Waals surface area contributed by atoms with Crippen LogP contribution in [0.5, 0.6) is 0 Å². The number of ketones is 1. The molecular formula is C17H16FN5O3S. The van der Waals surface area contributed by atoms with Crippen molar-refractivity contribution in [1.82, 2.24) is 24.1 Å². The van der Waals surface area contributed by atoms with Gasteiger partial charge in [0, 0.05) is 32.1 Å². The summed E-state index contributed by atoms with van der Waals surface area (Å²) < 4.78 is 39.5. The average molecular weight is 389 g/mol. The Labute approximate surface area is 155 Å². The lowest BCUT2D eigenvalue weighted by Gasteiger charge is -2.10. The van der Waals surface area contributed by atoms with Gasteiger partial charge in [0.2, 0.25) is 10.0 Å². The van der Waals surface area contributed by atoms with E-state index in [4.69, 9.17) is 0 Å². The highest BCUT2D eigenvalue weighted by Crippen LogP contribution is 2.18. The molecule has 8 nitrogen and oxygen atoms in total. The van der Waals surface area contributed by atoms with Gasteiger partial charge in [-0.05, 0) is 24.3 Å². The molecule has 0 aliphatic heterocycles. The van der Waals surface area contributed by atoms with Crippen molar-refractivity contribution in [2.24, 2.45) is 0 Å². The number of carbonyl (C=O) groups excluding carboxylic acids is 1. The number of hydrogen-bond donors (Lipinski definition) is 0. The lowest BCUT2D eigenvalue weighted by Crippen LogP contribution is -2.29. The maximum Gasteiger partial charge on any atom is 0.221 e. The van der Waals surface area contributed by atoms with E-state index >= 15 is 0 Å². The van der Waals surface area contributed by atoms with Crippen molar-refractivity contribution in [2.75, 3.05) is 19.8 Å². The summed E-state index contributed by atoms with van der Waals surface area (Å²) in [5.74, 6) is -1.43. The summed E-state index contributed by atoms with van der Waals surface area (Å²) >= 11 is 0. The number of sulfonamides is 1. The standard InChI is InChI=1S/C17H16FN5O3S/c1-22(2)27(25,26)11-16(24)15-4-3-5-17(20-15)23-7-6-14(21-23)12-8-13(18)10-19-9-12/h3-10H,11H2,1-2H3. The summed E-state index contributed by atoms with van der Waals surface area (Å²) in [6.45, 7) is 0. The highest BCUT2D eigenvalue weighted by molar-refractivity contribution is 7.89. The number of hydrogen-bond acceptors (Lipinski definition) is 6. The van der Waals surface area contributed by atoms with Gasteiger partial charge in [-0.2, -0.15) is 5.10 Å². The van der Waals surface area contributed by atoms with Crippen LogP contribution in [0, 0.1) is 5.82 Å². The van der Waals surface area contributed by atoms with Gasteiger partial charge >= 0.3 is 0 Å². The molecule has 0 saturated heterocycles. The highest BCUT2D eigenvalue weighted by atomic mass is 32.2. The Morgan fingerprint density at radius 1 is 1.22 bits per heavy atom. The SMILES string of the molecule is CN(C)S(=O)(=O)CC(=O)c1cccc(-n2ccc(-c3cncc(F)c3)n2)n1. The molecule has 0 bridgehead atoms. The van der Waals surface area contributed by atoms with Gasteiger partial charge in [0.25, 0.3) is 0 Å². The van der Waals surface area contributed by atoms with E-state index < -0.39 is 27.4 Å². The van der Waals surface area contributed by atoms with Crippen molar-refractivity contribution < 1.29 is 17.6 Å². The molecule has 10 heteroatoms. The minimum absolute atomic E-state index is 0.0161. The van der Waals surface area contributed by atoms with E-state index in [1.807, 2.05) is 0 Å². The normalized spacial score (nSPS) is 11.7. The van der Waals surface area contributed by atoms with Gasteiger partial charge in [-0.15, -0.1) is 0 Å². The maximum atomic E-state index is 13.3. The summed E-state index contributed by atoms with van der Waals surface area (Å²) in [6.07, 6.45) is 4.18. The van der Waals surface area contributed by atoms with Crippen LogP contribution in [-0.4, -0.2) is 58.1 Å². The van der Waals surface area contributed by atoms with Crippen LogP contribution in [-0.2, 0) is 10.0 Å². The van der Waals surface area contributed by atoms with Gasteiger partial charge < -0.3 is 0 Å². The van der Waals surface area contributed by atoms with Crippen molar-refractivity contribution >= 4 is 15.8 Å². The van der Waals surface area contributed by atoms with Crippen LogP contribution in [0.1, 0.15) is 10.5 Å². The van der Waals surface area contributed by atoms with E-state index in [1.54, 1.807) is 24.4 Å². The second-order valence-electron chi connectivity index (χ2n) is 5.88. The molecule has 140 valence electrons. The summed E-state index contributed by atoms with van der Waals surface area (Å²) in [4.78, 5) is 20.2. The molecule has 0 aromatic carbocycles. The van der Waals surface area contributed by atoms with Crippen molar-refractivity contribution in [3.05, 3.63) is 60.4 Å². The molecule has 0 spiro atoms. The first-order valence-corrected chi connectivity index (χ1v) is 9.44. The molecule has 0 atom stereocenters. The summed E-state index contributed by atoms with van der Waals surface area (Å²) in [5, 5.41) is 4.30. The Balaban J connectivity index is 1.87. The fourth-order valence-corrected chi connectivity index (χ4v) is 2.97. The monoisotopic (exact) mass is 389 g/mol. The molecule has 0 fully saturated rings. The molecule has 0 aliphatic carbocycles. The zero-order valence-electron chi connectivity index (χ0n) is 14.6. The van der Waals surface area contributed by atoms with Gasteiger partial charge in [-0.1, -0.05) is 6.07 Å². The van der Waals surface area contributed by atoms with Crippen LogP contribution < -0.4 is 0 Å². The van der Waals surface area contributed by atoms with E-state index in [0.29, 0.717) is 17.1 Å². The zero-order chi connectivity index (χ0) is 19.6. The first-order valence-electron chi connectivity index (χ1n) is 7.84. The highest BCUT2D eigenvalue weighted by Gasteiger charge is 2.21. The van der Waals surface area contributed by atoms with Gasteiger partial charge in [-0.3, -0.25) is 9.78 Å². The molecule has 0 N–H and O–H groups in total. The quantitative estimate of drug-likeness (QED) is 0.593. The molecular weight excluding hydrogens is 373 g/mol. The van der Waals surface area contributed by atoms with Crippen LogP contribution in [0.4, 0.5) is 4.39 Å². The second kappa shape index (κ2) is 7.33. The van der Waals surface area contributed by atoms with Crippen LogP contribution in [0.25, 0.3) is 17.1 Å². The fraction of sp³-hybridized carbons (Fsp3) is 0.176. The van der Waals surface area contributed by atoms with Gasteiger partial charge in [-0.25, -0.2) is 26.8 Å². The Hall–Kier alpha value is -2.98. The van der Waals surface area contributed by atoms with Crippen LogP contribution in [0.2, 0.25) is 0 Å². The van der Waals surface area contributed by atoms with Crippen LogP contribution in [0.15, 0.2) is 48.9 Å². The van der Waals surface area contributed by atoms with Crippen molar-refractivity contribution in [3.8, 4) is 17.1 Å². The average Bonchev–Trinajstić information content (AvgIpc) is 3.11. The lowest BCUT2D eigenvalue weighted by molar-refractivity contribution is 0.101. The van der Waals surface area contributed by atoms with Crippen molar-refractivity contribution in [3.63, 3.8) is 0 Å². The molecule has 0 radical (unpaired) electrons. The van der Waals surface area contributed by atoms with E-state index in [1.165, 1.54) is 37.1 Å². The van der Waals surface area contributed by atoms with Crippen molar-refractivity contribution in [1.29, 1.82) is 0 Å². The number of halogens is 1. The smallest absolute Gasteiger partial charge is 0.221 e. The third kappa shape index (κ3) is 4.23. The third-order valence-corrected chi connectivity index (χ3v) is 5.45. The molecule has 3 heterocycles. The number of aromatic nitrogens is 4. The first kappa shape index (κ1) is 18.8. The Morgan fingerprint density at radius 2 is 2.00 bits per heavy atom. The minimum atomic E-state index is -3.68. The third-order valence-electron chi connectivity index (χ3n) is 3.71. The molecule has 3 aromatic rings. The molecule has 0 saturated carbocycles. The Bertz CT molecular complexity index is 1100. The molecule has 0 unspecified atom stereocenters. The predicted molar refractivity (Wildman–Crippen MR) is 96.4 cm³/mol. The van der Waals surface area contributed by atoms with Crippen LogP contribution in [0.3, 0.4) is 0 Å². The fourth-order valence-electron chi connectivity index (χ4n) is 2.23. The Morgan fingerprint density at radius 3 is 2.70 bits per heavy atom. The van der Waals surface area contributed by atoms with E-state index in [0.717, 1.165) is 10.5 Å². The first-order chi connectivity index (χ1) is 12.8. The topological polar surface area (TPSA) is 98.1 Å². The summed E-state index contributed by atoms with van der Waals surface area (Å²) in [7, 11) is -0.960. The number of carbonyl (C=O) groups is 1. The van der Waals surface area contributed by atoms with E-state index in [-0.39, 0.29) is 5.69 Å². The summed E-state index contributed by atoms with van der Waals surface area (Å²) in [6, 6.07) is 7.61. The molecule has 27 heavy (non-hydrogen) atoms. The van der Waals surface area contributed by atoms with Crippen molar-refractivity contribution in [2.45, 2.75) is 0 Å². The molecule has 0 amide bonds. The maximum absolute atomic E-state index is 13.3.